The smallest absolute Gasteiger partial charge is 0.254 e. The largest absolute Gasteiger partial charge is 0.361 e. The highest BCUT2D eigenvalue weighted by molar-refractivity contribution is 5.95. The van der Waals surface area contributed by atoms with Crippen LogP contribution < -0.4 is 0 Å². The monoisotopic (exact) mass is 352 g/mol. The molecule has 4 rings (SSSR count). The summed E-state index contributed by atoms with van der Waals surface area (Å²) in [6.07, 6.45) is 6.57. The maximum atomic E-state index is 13.1. The van der Waals surface area contributed by atoms with Gasteiger partial charge in [0.05, 0.1) is 6.04 Å². The predicted octanol–water partition coefficient (Wildman–Crippen LogP) is 2.75. The van der Waals surface area contributed by atoms with Gasteiger partial charge in [-0.1, -0.05) is 19.0 Å². The number of carbonyl (C=O) groups excluding carboxylic acids is 1. The molecule has 0 N–H and O–H groups in total. The van der Waals surface area contributed by atoms with Crippen LogP contribution in [0.5, 0.6) is 0 Å². The zero-order valence-corrected chi connectivity index (χ0v) is 14.7. The first kappa shape index (κ1) is 16.4. The maximum Gasteiger partial charge on any atom is 0.254 e. The standard InChI is InChI=1S/C18H20N6O2/c1-12(2)16-9-14(22-26-16)15-4-3-7-24(15)18(25)13-5-6-19-17(8-13)23-10-20-21-11-23/h5-6,8-12,15H,3-4,7H2,1-2H3/t15-/m1/s1. The van der Waals surface area contributed by atoms with Gasteiger partial charge in [-0.15, -0.1) is 10.2 Å². The fourth-order valence-corrected chi connectivity index (χ4v) is 3.23. The molecule has 4 heterocycles. The van der Waals surface area contributed by atoms with Crippen molar-refractivity contribution in [3.8, 4) is 5.82 Å². The molecule has 1 aliphatic heterocycles. The third-order valence-corrected chi connectivity index (χ3v) is 4.65. The van der Waals surface area contributed by atoms with Crippen LogP contribution in [0.15, 0.2) is 41.6 Å². The fourth-order valence-electron chi connectivity index (χ4n) is 3.23. The van der Waals surface area contributed by atoms with Crippen LogP contribution in [0.1, 0.15) is 60.5 Å². The Morgan fingerprint density at radius 3 is 2.81 bits per heavy atom. The summed E-state index contributed by atoms with van der Waals surface area (Å²) in [5, 5.41) is 11.8. The highest BCUT2D eigenvalue weighted by Gasteiger charge is 2.33. The van der Waals surface area contributed by atoms with Crippen molar-refractivity contribution >= 4 is 5.91 Å². The van der Waals surface area contributed by atoms with Crippen LogP contribution >= 0.6 is 0 Å². The van der Waals surface area contributed by atoms with Crippen LogP contribution in [0.2, 0.25) is 0 Å². The fraction of sp³-hybridized carbons (Fsp3) is 0.389. The Kier molecular flexibility index (Phi) is 4.24. The SMILES string of the molecule is CC(C)c1cc([C@H]2CCCN2C(=O)c2ccnc(-n3cnnc3)c2)no1. The van der Waals surface area contributed by atoms with Gasteiger partial charge in [-0.05, 0) is 25.0 Å². The van der Waals surface area contributed by atoms with E-state index in [0.717, 1.165) is 24.3 Å². The highest BCUT2D eigenvalue weighted by atomic mass is 16.5. The summed E-state index contributed by atoms with van der Waals surface area (Å²) in [5.41, 5.74) is 1.41. The number of hydrogen-bond donors (Lipinski definition) is 0. The number of rotatable bonds is 4. The minimum absolute atomic E-state index is 0.0293. The zero-order valence-electron chi connectivity index (χ0n) is 14.7. The molecule has 1 fully saturated rings. The van der Waals surface area contributed by atoms with Crippen LogP contribution in [-0.4, -0.2) is 42.3 Å². The normalized spacial score (nSPS) is 17.2. The summed E-state index contributed by atoms with van der Waals surface area (Å²) in [6.45, 7) is 4.83. The first-order chi connectivity index (χ1) is 12.6. The molecule has 0 saturated carbocycles. The molecule has 134 valence electrons. The molecule has 0 bridgehead atoms. The van der Waals surface area contributed by atoms with Crippen molar-refractivity contribution in [1.82, 2.24) is 29.8 Å². The molecule has 3 aromatic rings. The summed E-state index contributed by atoms with van der Waals surface area (Å²) >= 11 is 0. The number of pyridine rings is 1. The van der Waals surface area contributed by atoms with Crippen LogP contribution in [-0.2, 0) is 0 Å². The third-order valence-electron chi connectivity index (χ3n) is 4.65. The van der Waals surface area contributed by atoms with Gasteiger partial charge in [-0.2, -0.15) is 0 Å². The average Bonchev–Trinajstić information content (AvgIpc) is 3.41. The molecular formula is C18H20N6O2. The van der Waals surface area contributed by atoms with E-state index in [4.69, 9.17) is 4.52 Å². The average molecular weight is 352 g/mol. The van der Waals surface area contributed by atoms with E-state index in [9.17, 15) is 4.79 Å². The van der Waals surface area contributed by atoms with E-state index in [0.29, 0.717) is 17.9 Å². The summed E-state index contributed by atoms with van der Waals surface area (Å²) in [5.74, 6) is 1.70. The molecule has 0 spiro atoms. The molecule has 0 aliphatic carbocycles. The van der Waals surface area contributed by atoms with Crippen LogP contribution in [0.25, 0.3) is 5.82 Å². The Morgan fingerprint density at radius 2 is 2.08 bits per heavy atom. The van der Waals surface area contributed by atoms with Gasteiger partial charge in [0.1, 0.15) is 29.9 Å². The van der Waals surface area contributed by atoms with Gasteiger partial charge in [0.2, 0.25) is 0 Å². The summed E-state index contributed by atoms with van der Waals surface area (Å²) in [4.78, 5) is 19.2. The lowest BCUT2D eigenvalue weighted by Gasteiger charge is -2.23. The molecule has 1 aliphatic rings. The Bertz CT molecular complexity index is 902. The van der Waals surface area contributed by atoms with Crippen LogP contribution in [0, 0.1) is 0 Å². The van der Waals surface area contributed by atoms with Gasteiger partial charge in [0, 0.05) is 30.3 Å². The second kappa shape index (κ2) is 6.70. The Labute approximate surface area is 150 Å². The lowest BCUT2D eigenvalue weighted by molar-refractivity contribution is 0.0730. The molecule has 3 aromatic heterocycles. The number of amides is 1. The lowest BCUT2D eigenvalue weighted by atomic mass is 10.1. The number of likely N-dealkylation sites (tertiary alicyclic amines) is 1. The minimum Gasteiger partial charge on any atom is -0.361 e. The van der Waals surface area contributed by atoms with Gasteiger partial charge >= 0.3 is 0 Å². The van der Waals surface area contributed by atoms with E-state index in [-0.39, 0.29) is 17.9 Å². The number of nitrogens with zero attached hydrogens (tertiary/aromatic N) is 6. The highest BCUT2D eigenvalue weighted by Crippen LogP contribution is 2.33. The molecule has 8 heteroatoms. The van der Waals surface area contributed by atoms with Gasteiger partial charge in [-0.3, -0.25) is 9.36 Å². The van der Waals surface area contributed by atoms with Crippen molar-refractivity contribution in [2.75, 3.05) is 6.54 Å². The Hall–Kier alpha value is -3.03. The molecule has 26 heavy (non-hydrogen) atoms. The van der Waals surface area contributed by atoms with Crippen molar-refractivity contribution in [2.24, 2.45) is 0 Å². The first-order valence-corrected chi connectivity index (χ1v) is 8.72. The summed E-state index contributed by atoms with van der Waals surface area (Å²) in [6, 6.07) is 5.40. The topological polar surface area (TPSA) is 89.9 Å². The molecule has 1 saturated heterocycles. The van der Waals surface area contributed by atoms with Crippen molar-refractivity contribution in [3.05, 3.63) is 54.1 Å². The molecular weight excluding hydrogens is 332 g/mol. The molecule has 8 nitrogen and oxygen atoms in total. The van der Waals surface area contributed by atoms with E-state index in [2.05, 4.69) is 34.2 Å². The number of carbonyl (C=O) groups is 1. The maximum absolute atomic E-state index is 13.1. The van der Waals surface area contributed by atoms with Gasteiger partial charge in [-0.25, -0.2) is 4.98 Å². The molecule has 1 amide bonds. The summed E-state index contributed by atoms with van der Waals surface area (Å²) in [7, 11) is 0. The number of aromatic nitrogens is 5. The second-order valence-corrected chi connectivity index (χ2v) is 6.74. The molecule has 0 radical (unpaired) electrons. The van der Waals surface area contributed by atoms with Gasteiger partial charge in [0.25, 0.3) is 5.91 Å². The first-order valence-electron chi connectivity index (χ1n) is 8.72. The van der Waals surface area contributed by atoms with E-state index >= 15 is 0 Å². The van der Waals surface area contributed by atoms with Crippen molar-refractivity contribution in [3.63, 3.8) is 0 Å². The van der Waals surface area contributed by atoms with Gasteiger partial charge in [0.15, 0.2) is 0 Å². The van der Waals surface area contributed by atoms with Crippen LogP contribution in [0.4, 0.5) is 0 Å². The van der Waals surface area contributed by atoms with Crippen molar-refractivity contribution < 1.29 is 9.32 Å². The van der Waals surface area contributed by atoms with E-state index in [1.54, 1.807) is 35.6 Å². The third kappa shape index (κ3) is 2.98. The van der Waals surface area contributed by atoms with Crippen LogP contribution in [0.3, 0.4) is 0 Å². The Morgan fingerprint density at radius 1 is 1.27 bits per heavy atom. The molecule has 0 aromatic carbocycles. The molecule has 0 unspecified atom stereocenters. The quantitative estimate of drug-likeness (QED) is 0.717. The van der Waals surface area contributed by atoms with E-state index in [1.807, 2.05) is 11.0 Å². The molecule has 1 atom stereocenters. The van der Waals surface area contributed by atoms with Crippen molar-refractivity contribution in [2.45, 2.75) is 38.6 Å². The van der Waals surface area contributed by atoms with E-state index < -0.39 is 0 Å². The van der Waals surface area contributed by atoms with Gasteiger partial charge < -0.3 is 9.42 Å². The second-order valence-electron chi connectivity index (χ2n) is 6.74. The zero-order chi connectivity index (χ0) is 18.1. The van der Waals surface area contributed by atoms with E-state index in [1.165, 1.54) is 0 Å². The summed E-state index contributed by atoms with van der Waals surface area (Å²) < 4.78 is 7.10. The Balaban J connectivity index is 1.59. The number of hydrogen-bond acceptors (Lipinski definition) is 6. The lowest BCUT2D eigenvalue weighted by Crippen LogP contribution is -2.30. The minimum atomic E-state index is -0.0507. The predicted molar refractivity (Wildman–Crippen MR) is 92.8 cm³/mol. The van der Waals surface area contributed by atoms with Crippen molar-refractivity contribution in [1.29, 1.82) is 0 Å².